The Balaban J connectivity index is 0.00000264. The summed E-state index contributed by atoms with van der Waals surface area (Å²) >= 11 is 0. The second kappa shape index (κ2) is 8.02. The van der Waals surface area contributed by atoms with Crippen LogP contribution in [-0.4, -0.2) is 40.8 Å². The van der Waals surface area contributed by atoms with Crippen LogP contribution in [0.4, 0.5) is 4.79 Å². The van der Waals surface area contributed by atoms with Crippen LogP contribution in [0.15, 0.2) is 12.1 Å². The molecule has 0 aromatic carbocycles. The summed E-state index contributed by atoms with van der Waals surface area (Å²) in [5, 5.41) is 0. The van der Waals surface area contributed by atoms with Crippen molar-refractivity contribution >= 4 is 19.6 Å². The number of pyridine rings is 1. The van der Waals surface area contributed by atoms with Crippen molar-refractivity contribution in [3.05, 3.63) is 29.1 Å². The third kappa shape index (κ3) is 6.39. The number of carbonyl (C=O) groups is 1. The number of aryl methyl sites for hydroxylation is 2. The quantitative estimate of drug-likeness (QED) is 0.847. The van der Waals surface area contributed by atoms with Gasteiger partial charge in [0.2, 0.25) is 0 Å². The Morgan fingerprint density at radius 3 is 2.48 bits per heavy atom. The molecule has 1 saturated heterocycles. The first-order valence-electron chi connectivity index (χ1n) is 7.76. The Labute approximate surface area is 145 Å². The minimum absolute atomic E-state index is 0. The van der Waals surface area contributed by atoms with Gasteiger partial charge in [-0.15, -0.1) is 0 Å². The summed E-state index contributed by atoms with van der Waals surface area (Å²) in [5.41, 5.74) is 2.67. The summed E-state index contributed by atoms with van der Waals surface area (Å²) in [7, 11) is 0. The van der Waals surface area contributed by atoms with Crippen LogP contribution < -0.4 is 0 Å². The highest BCUT2D eigenvalue weighted by atomic mass is 32.1. The molecule has 0 bridgehead atoms. The normalized spacial score (nSPS) is 17.8. The lowest BCUT2D eigenvalue weighted by Crippen LogP contribution is -2.36. The van der Waals surface area contributed by atoms with Crippen LogP contribution in [0.5, 0.6) is 0 Å². The molecular weight excluding hydrogens is 312 g/mol. The van der Waals surface area contributed by atoms with E-state index in [2.05, 4.69) is 4.98 Å². The van der Waals surface area contributed by atoms with Crippen LogP contribution in [-0.2, 0) is 16.1 Å². The Morgan fingerprint density at radius 2 is 1.91 bits per heavy atom. The molecule has 5 nitrogen and oxygen atoms in total. The molecule has 0 spiro atoms. The number of rotatable bonds is 3. The van der Waals surface area contributed by atoms with Crippen molar-refractivity contribution in [2.24, 2.45) is 0 Å². The van der Waals surface area contributed by atoms with Gasteiger partial charge in [0.15, 0.2) is 0 Å². The van der Waals surface area contributed by atoms with E-state index >= 15 is 0 Å². The summed E-state index contributed by atoms with van der Waals surface area (Å²) < 4.78 is 11.3. The average molecular weight is 340 g/mol. The van der Waals surface area contributed by atoms with Gasteiger partial charge in [-0.2, -0.15) is 13.5 Å². The van der Waals surface area contributed by atoms with E-state index in [1.807, 2.05) is 46.8 Å². The van der Waals surface area contributed by atoms with Crippen molar-refractivity contribution < 1.29 is 14.3 Å². The molecule has 0 unspecified atom stereocenters. The molecule has 23 heavy (non-hydrogen) atoms. The Bertz CT molecular complexity index is 523. The fourth-order valence-electron chi connectivity index (χ4n) is 2.57. The number of carbonyl (C=O) groups excluding carboxylic acids is 1. The van der Waals surface area contributed by atoms with Gasteiger partial charge >= 0.3 is 6.09 Å². The fourth-order valence-corrected chi connectivity index (χ4v) is 2.57. The van der Waals surface area contributed by atoms with E-state index in [4.69, 9.17) is 9.47 Å². The van der Waals surface area contributed by atoms with Gasteiger partial charge in [0.1, 0.15) is 5.60 Å². The minimum atomic E-state index is -0.456. The zero-order chi connectivity index (χ0) is 16.3. The molecule has 1 aromatic heterocycles. The molecule has 2 heterocycles. The summed E-state index contributed by atoms with van der Waals surface area (Å²) in [5.74, 6) is 0. The molecule has 1 aliphatic heterocycles. The van der Waals surface area contributed by atoms with Crippen molar-refractivity contribution in [2.75, 3.05) is 13.1 Å². The maximum atomic E-state index is 12.0. The third-order valence-electron chi connectivity index (χ3n) is 3.42. The maximum Gasteiger partial charge on any atom is 0.410 e. The molecule has 1 aliphatic rings. The lowest BCUT2D eigenvalue weighted by molar-refractivity contribution is 0.0184. The predicted octanol–water partition coefficient (Wildman–Crippen LogP) is 3.34. The predicted molar refractivity (Wildman–Crippen MR) is 95.1 cm³/mol. The summed E-state index contributed by atoms with van der Waals surface area (Å²) in [4.78, 5) is 18.1. The number of aromatic nitrogens is 1. The minimum Gasteiger partial charge on any atom is -0.444 e. The van der Waals surface area contributed by atoms with Crippen molar-refractivity contribution in [2.45, 2.75) is 59.4 Å². The highest BCUT2D eigenvalue weighted by molar-refractivity contribution is 7.59. The molecule has 0 radical (unpaired) electrons. The monoisotopic (exact) mass is 340 g/mol. The molecule has 130 valence electrons. The zero-order valence-corrected chi connectivity index (χ0v) is 15.7. The van der Waals surface area contributed by atoms with Crippen molar-refractivity contribution in [3.8, 4) is 0 Å². The van der Waals surface area contributed by atoms with E-state index in [0.29, 0.717) is 19.7 Å². The van der Waals surface area contributed by atoms with Crippen LogP contribution in [0, 0.1) is 13.8 Å². The number of likely N-dealkylation sites (tertiary alicyclic amines) is 1. The van der Waals surface area contributed by atoms with Crippen molar-refractivity contribution in [1.29, 1.82) is 0 Å². The molecule has 6 heteroatoms. The molecule has 0 saturated carbocycles. The molecular formula is C17H28N2O3S. The summed E-state index contributed by atoms with van der Waals surface area (Å²) in [6.45, 7) is 11.4. The largest absolute Gasteiger partial charge is 0.444 e. The maximum absolute atomic E-state index is 12.0. The average Bonchev–Trinajstić information content (AvgIpc) is 2.82. The van der Waals surface area contributed by atoms with Crippen LogP contribution in [0.1, 0.15) is 44.1 Å². The van der Waals surface area contributed by atoms with Crippen LogP contribution in [0.2, 0.25) is 0 Å². The van der Waals surface area contributed by atoms with Gasteiger partial charge in [-0.25, -0.2) is 4.79 Å². The van der Waals surface area contributed by atoms with E-state index in [-0.39, 0.29) is 25.7 Å². The van der Waals surface area contributed by atoms with Crippen LogP contribution in [0.3, 0.4) is 0 Å². The van der Waals surface area contributed by atoms with Crippen molar-refractivity contribution in [3.63, 3.8) is 0 Å². The Morgan fingerprint density at radius 1 is 1.30 bits per heavy atom. The van der Waals surface area contributed by atoms with Gasteiger partial charge in [0, 0.05) is 17.9 Å². The standard InChI is InChI=1S/C17H26N2O3.H2S/c1-12-8-14(9-13(2)18-12)11-21-15-6-7-19(10-15)16(20)22-17(3,4)5;/h8-9,15H,6-7,10-11H2,1-5H3;1H2/t15-;/m0./s1. The molecule has 1 amide bonds. The topological polar surface area (TPSA) is 51.7 Å². The highest BCUT2D eigenvalue weighted by Gasteiger charge is 2.30. The fraction of sp³-hybridized carbons (Fsp3) is 0.647. The summed E-state index contributed by atoms with van der Waals surface area (Å²) in [6, 6.07) is 4.07. The van der Waals surface area contributed by atoms with Gasteiger partial charge in [-0.1, -0.05) is 0 Å². The SMILES string of the molecule is Cc1cc(CO[C@H]2CCN(C(=O)OC(C)(C)C)C2)cc(C)n1.S. The second-order valence-corrected chi connectivity index (χ2v) is 6.91. The van der Waals surface area contributed by atoms with E-state index in [1.165, 1.54) is 0 Å². The zero-order valence-electron chi connectivity index (χ0n) is 14.7. The van der Waals surface area contributed by atoms with Gasteiger partial charge in [-0.05, 0) is 58.7 Å². The number of nitrogens with zero attached hydrogens (tertiary/aromatic N) is 2. The van der Waals surface area contributed by atoms with Gasteiger partial charge in [0.05, 0.1) is 19.3 Å². The third-order valence-corrected chi connectivity index (χ3v) is 3.42. The number of hydrogen-bond donors (Lipinski definition) is 0. The van der Waals surface area contributed by atoms with Gasteiger partial charge < -0.3 is 14.4 Å². The highest BCUT2D eigenvalue weighted by Crippen LogP contribution is 2.18. The van der Waals surface area contributed by atoms with Crippen LogP contribution >= 0.6 is 13.5 Å². The molecule has 2 rings (SSSR count). The van der Waals surface area contributed by atoms with Crippen LogP contribution in [0.25, 0.3) is 0 Å². The first-order chi connectivity index (χ1) is 10.2. The van der Waals surface area contributed by atoms with Gasteiger partial charge in [0.25, 0.3) is 0 Å². The molecule has 1 atom stereocenters. The molecule has 0 aliphatic carbocycles. The molecule has 1 fully saturated rings. The molecule has 1 aromatic rings. The summed E-state index contributed by atoms with van der Waals surface area (Å²) in [6.07, 6.45) is 0.665. The first kappa shape index (κ1) is 19.8. The Kier molecular flexibility index (Phi) is 6.89. The lowest BCUT2D eigenvalue weighted by atomic mass is 10.2. The number of ether oxygens (including phenoxy) is 2. The second-order valence-electron chi connectivity index (χ2n) is 6.91. The number of amides is 1. The smallest absolute Gasteiger partial charge is 0.410 e. The molecule has 0 N–H and O–H groups in total. The lowest BCUT2D eigenvalue weighted by Gasteiger charge is -2.24. The number of hydrogen-bond acceptors (Lipinski definition) is 4. The van der Waals surface area contributed by atoms with E-state index in [0.717, 1.165) is 23.4 Å². The van der Waals surface area contributed by atoms with E-state index in [1.54, 1.807) is 4.90 Å². The van der Waals surface area contributed by atoms with E-state index < -0.39 is 5.60 Å². The van der Waals surface area contributed by atoms with E-state index in [9.17, 15) is 4.79 Å². The first-order valence-corrected chi connectivity index (χ1v) is 7.76. The van der Waals surface area contributed by atoms with Gasteiger partial charge in [-0.3, -0.25) is 4.98 Å². The Hall–Kier alpha value is -1.27. The van der Waals surface area contributed by atoms with Crippen molar-refractivity contribution in [1.82, 2.24) is 9.88 Å².